The first-order valence-electron chi connectivity index (χ1n) is 13.3. The van der Waals surface area contributed by atoms with Gasteiger partial charge in [-0.15, -0.1) is 0 Å². The summed E-state index contributed by atoms with van der Waals surface area (Å²) in [4.78, 5) is 4.93. The first-order chi connectivity index (χ1) is 17.4. The first-order valence-corrected chi connectivity index (χ1v) is 13.3. The minimum atomic E-state index is 0.437. The number of anilines is 2. The highest BCUT2D eigenvalue weighted by molar-refractivity contribution is 5.64. The third kappa shape index (κ3) is 6.57. The topological polar surface area (TPSA) is 6.48 Å². The van der Waals surface area contributed by atoms with Crippen LogP contribution < -0.4 is 9.80 Å². The number of hydrogen-bond acceptors (Lipinski definition) is 2. The highest BCUT2D eigenvalue weighted by atomic mass is 15.1. The molecule has 4 rings (SSSR count). The van der Waals surface area contributed by atoms with Crippen LogP contribution in [0.4, 0.5) is 11.4 Å². The molecule has 186 valence electrons. The molecule has 4 aromatic rings. The largest absolute Gasteiger partial charge is 0.367 e. The minimum absolute atomic E-state index is 0.437. The van der Waals surface area contributed by atoms with E-state index < -0.39 is 0 Å². The summed E-state index contributed by atoms with van der Waals surface area (Å²) in [5, 5.41) is 0. The van der Waals surface area contributed by atoms with Gasteiger partial charge in [-0.1, -0.05) is 90.8 Å². The summed E-state index contributed by atoms with van der Waals surface area (Å²) in [6.45, 7) is 13.9. The van der Waals surface area contributed by atoms with Gasteiger partial charge in [-0.05, 0) is 80.6 Å². The Morgan fingerprint density at radius 3 is 1.44 bits per heavy atom. The lowest BCUT2D eigenvalue weighted by Gasteiger charge is -2.29. The molecule has 0 spiro atoms. The molecule has 4 aromatic carbocycles. The summed E-state index contributed by atoms with van der Waals surface area (Å²) >= 11 is 0. The fourth-order valence-electron chi connectivity index (χ4n) is 4.66. The maximum atomic E-state index is 2.47. The molecule has 0 radical (unpaired) electrons. The van der Waals surface area contributed by atoms with Crippen molar-refractivity contribution in [1.29, 1.82) is 0 Å². The molecule has 0 atom stereocenters. The van der Waals surface area contributed by atoms with E-state index in [9.17, 15) is 0 Å². The van der Waals surface area contributed by atoms with E-state index in [1.165, 1.54) is 44.8 Å². The van der Waals surface area contributed by atoms with Gasteiger partial charge in [-0.3, -0.25) is 0 Å². The fourth-order valence-corrected chi connectivity index (χ4v) is 4.66. The predicted molar refractivity (Wildman–Crippen MR) is 157 cm³/mol. The van der Waals surface area contributed by atoms with Crippen molar-refractivity contribution in [2.24, 2.45) is 0 Å². The quantitative estimate of drug-likeness (QED) is 0.226. The van der Waals surface area contributed by atoms with Gasteiger partial charge in [0.2, 0.25) is 0 Å². The van der Waals surface area contributed by atoms with Crippen LogP contribution in [0.1, 0.15) is 49.4 Å². The Morgan fingerprint density at radius 1 is 0.556 bits per heavy atom. The zero-order chi connectivity index (χ0) is 25.5. The molecule has 0 fully saturated rings. The van der Waals surface area contributed by atoms with Crippen LogP contribution in [-0.2, 0) is 13.1 Å². The lowest BCUT2D eigenvalue weighted by atomic mass is 10.0. The molecule has 0 N–H and O–H groups in total. The van der Waals surface area contributed by atoms with Gasteiger partial charge in [0.25, 0.3) is 0 Å². The Labute approximate surface area is 218 Å². The van der Waals surface area contributed by atoms with Crippen molar-refractivity contribution in [3.8, 4) is 11.1 Å². The Morgan fingerprint density at radius 2 is 1.00 bits per heavy atom. The zero-order valence-electron chi connectivity index (χ0n) is 22.5. The summed E-state index contributed by atoms with van der Waals surface area (Å²) in [6.07, 6.45) is 1.14. The fraction of sp³-hybridized carbons (Fsp3) is 0.294. The van der Waals surface area contributed by atoms with Crippen LogP contribution in [0.5, 0.6) is 0 Å². The van der Waals surface area contributed by atoms with Gasteiger partial charge in [0, 0.05) is 37.1 Å². The smallest absolute Gasteiger partial charge is 0.0432 e. The molecule has 0 saturated carbocycles. The summed E-state index contributed by atoms with van der Waals surface area (Å²) in [7, 11) is 0. The number of nitrogens with zero attached hydrogens (tertiary/aromatic N) is 2. The molecule has 0 aliphatic carbocycles. The Hall–Kier alpha value is -3.52. The second kappa shape index (κ2) is 11.9. The van der Waals surface area contributed by atoms with Crippen LogP contribution in [0.2, 0.25) is 0 Å². The van der Waals surface area contributed by atoms with E-state index in [2.05, 4.69) is 141 Å². The molecular formula is C34H40N2. The van der Waals surface area contributed by atoms with Crippen LogP contribution in [0.25, 0.3) is 11.1 Å². The third-order valence-corrected chi connectivity index (χ3v) is 6.85. The van der Waals surface area contributed by atoms with Crippen LogP contribution in [0.3, 0.4) is 0 Å². The number of hydrogen-bond donors (Lipinski definition) is 0. The molecule has 0 aliphatic rings. The molecule has 0 bridgehead atoms. The van der Waals surface area contributed by atoms with Crippen LogP contribution in [0.15, 0.2) is 97.1 Å². The van der Waals surface area contributed by atoms with Gasteiger partial charge in [0.05, 0.1) is 0 Å². The van der Waals surface area contributed by atoms with E-state index in [0.717, 1.165) is 26.1 Å². The number of rotatable bonds is 10. The van der Waals surface area contributed by atoms with Crippen LogP contribution in [-0.4, -0.2) is 12.6 Å². The van der Waals surface area contributed by atoms with Crippen molar-refractivity contribution in [1.82, 2.24) is 0 Å². The van der Waals surface area contributed by atoms with Gasteiger partial charge in [0.1, 0.15) is 0 Å². The number of benzene rings is 4. The molecule has 0 amide bonds. The van der Waals surface area contributed by atoms with Crippen molar-refractivity contribution < 1.29 is 0 Å². The van der Waals surface area contributed by atoms with E-state index in [0.29, 0.717) is 6.04 Å². The predicted octanol–water partition coefficient (Wildman–Crippen LogP) is 8.80. The average molecular weight is 477 g/mol. The van der Waals surface area contributed by atoms with Crippen molar-refractivity contribution in [2.45, 2.75) is 60.2 Å². The molecule has 0 unspecified atom stereocenters. The van der Waals surface area contributed by atoms with E-state index >= 15 is 0 Å². The second-order valence-electron chi connectivity index (χ2n) is 10.2. The molecule has 36 heavy (non-hydrogen) atoms. The van der Waals surface area contributed by atoms with Crippen molar-refractivity contribution in [3.63, 3.8) is 0 Å². The van der Waals surface area contributed by atoms with Crippen LogP contribution in [0, 0.1) is 13.8 Å². The monoisotopic (exact) mass is 476 g/mol. The van der Waals surface area contributed by atoms with Gasteiger partial charge in [0.15, 0.2) is 0 Å². The molecule has 0 aromatic heterocycles. The molecule has 0 aliphatic heterocycles. The highest BCUT2D eigenvalue weighted by Crippen LogP contribution is 2.25. The maximum Gasteiger partial charge on any atom is 0.0432 e. The van der Waals surface area contributed by atoms with Crippen molar-refractivity contribution in [3.05, 3.63) is 119 Å². The normalized spacial score (nSPS) is 11.1. The minimum Gasteiger partial charge on any atom is -0.367 e. The molecule has 0 saturated heterocycles. The summed E-state index contributed by atoms with van der Waals surface area (Å²) in [5.41, 5.74) is 10.4. The molecular weight excluding hydrogens is 436 g/mol. The zero-order valence-corrected chi connectivity index (χ0v) is 22.5. The van der Waals surface area contributed by atoms with Crippen molar-refractivity contribution in [2.75, 3.05) is 16.3 Å². The van der Waals surface area contributed by atoms with Gasteiger partial charge in [-0.2, -0.15) is 0 Å². The SMILES string of the molecule is CCCN(Cc1ccc(-c2ccc(CN(c3ccc(C)cc3)C(C)C)cc2)cc1)c1ccc(C)cc1. The van der Waals surface area contributed by atoms with Crippen molar-refractivity contribution >= 4 is 11.4 Å². The third-order valence-electron chi connectivity index (χ3n) is 6.85. The number of aryl methyl sites for hydroxylation is 2. The maximum absolute atomic E-state index is 2.47. The molecule has 0 heterocycles. The first kappa shape index (κ1) is 25.6. The van der Waals surface area contributed by atoms with E-state index in [4.69, 9.17) is 0 Å². The lowest BCUT2D eigenvalue weighted by molar-refractivity contribution is 0.682. The van der Waals surface area contributed by atoms with E-state index in [1.807, 2.05) is 0 Å². The van der Waals surface area contributed by atoms with E-state index in [1.54, 1.807) is 0 Å². The summed E-state index contributed by atoms with van der Waals surface area (Å²) in [5.74, 6) is 0. The Bertz CT molecular complexity index is 1200. The average Bonchev–Trinajstić information content (AvgIpc) is 2.89. The van der Waals surface area contributed by atoms with Gasteiger partial charge in [-0.25, -0.2) is 0 Å². The molecule has 2 heteroatoms. The summed E-state index contributed by atoms with van der Waals surface area (Å²) < 4.78 is 0. The Balaban J connectivity index is 1.44. The van der Waals surface area contributed by atoms with Gasteiger partial charge >= 0.3 is 0 Å². The van der Waals surface area contributed by atoms with Gasteiger partial charge < -0.3 is 9.80 Å². The second-order valence-corrected chi connectivity index (χ2v) is 10.2. The molecule has 2 nitrogen and oxygen atoms in total. The standard InChI is InChI=1S/C34H40N2/c1-6-23-35(33-19-7-27(4)8-20-33)24-29-11-15-31(16-12-29)32-17-13-30(14-18-32)25-36(26(2)3)34-21-9-28(5)10-22-34/h7-22,26H,6,23-25H2,1-5H3. The lowest BCUT2D eigenvalue weighted by Crippen LogP contribution is -2.30. The van der Waals surface area contributed by atoms with Crippen LogP contribution >= 0.6 is 0 Å². The Kier molecular flexibility index (Phi) is 8.48. The summed E-state index contributed by atoms with van der Waals surface area (Å²) in [6, 6.07) is 36.3. The highest BCUT2D eigenvalue weighted by Gasteiger charge is 2.12. The van der Waals surface area contributed by atoms with E-state index in [-0.39, 0.29) is 0 Å².